The Morgan fingerprint density at radius 3 is 2.33 bits per heavy atom. The zero-order chi connectivity index (χ0) is 34.4. The van der Waals surface area contributed by atoms with E-state index in [0.29, 0.717) is 56.0 Å². The van der Waals surface area contributed by atoms with Crippen LogP contribution in [0.5, 0.6) is 5.75 Å². The van der Waals surface area contributed by atoms with Gasteiger partial charge in [0, 0.05) is 63.9 Å². The average molecular weight is 675 g/mol. The Morgan fingerprint density at radius 2 is 1.69 bits per heavy atom. The molecule has 0 spiro atoms. The van der Waals surface area contributed by atoms with Crippen molar-refractivity contribution in [2.24, 2.45) is 11.8 Å². The summed E-state index contributed by atoms with van der Waals surface area (Å²) in [6, 6.07) is 4.16. The van der Waals surface area contributed by atoms with E-state index in [2.05, 4.69) is 25.5 Å². The lowest BCUT2D eigenvalue weighted by Crippen LogP contribution is -2.59. The highest BCUT2D eigenvalue weighted by molar-refractivity contribution is 5.79. The van der Waals surface area contributed by atoms with E-state index in [9.17, 15) is 29.3 Å². The van der Waals surface area contributed by atoms with E-state index in [4.69, 9.17) is 9.47 Å². The zero-order valence-electron chi connectivity index (χ0n) is 27.9. The predicted octanol–water partition coefficient (Wildman–Crippen LogP) is 2.02. The lowest BCUT2D eigenvalue weighted by Gasteiger charge is -2.39. The van der Waals surface area contributed by atoms with E-state index < -0.39 is 37.2 Å². The van der Waals surface area contributed by atoms with Gasteiger partial charge < -0.3 is 45.2 Å². The first-order valence-electron chi connectivity index (χ1n) is 16.9. The number of unbranched alkanes of at least 4 members (excludes halogenated alkanes) is 1. The molecule has 14 heteroatoms. The van der Waals surface area contributed by atoms with Gasteiger partial charge in [0.1, 0.15) is 17.1 Å². The molecule has 5 N–H and O–H groups in total. The molecule has 3 amide bonds. The summed E-state index contributed by atoms with van der Waals surface area (Å²) in [5.74, 6) is 1.68. The molecule has 4 rings (SSSR count). The highest BCUT2D eigenvalue weighted by Crippen LogP contribution is 2.26. The number of likely N-dealkylation sites (tertiary alicyclic amines) is 1. The van der Waals surface area contributed by atoms with Crippen molar-refractivity contribution in [1.82, 2.24) is 25.5 Å². The van der Waals surface area contributed by atoms with Crippen LogP contribution in [0.1, 0.15) is 56.1 Å². The minimum absolute atomic E-state index is 0.00983. The molecule has 266 valence electrons. The number of aromatic nitrogens is 2. The SMILES string of the molecule is COCc1cnc(N2CCC(CCCOc3ccc(CC(=O)N4CC(CCCCNC(=O)NC(CO)(CO)CO)C4)c(F)c3)CC2)nc1. The summed E-state index contributed by atoms with van der Waals surface area (Å²) in [6.07, 6.45) is 10.2. The molecule has 2 aliphatic rings. The third kappa shape index (κ3) is 11.0. The van der Waals surface area contributed by atoms with Gasteiger partial charge in [-0.3, -0.25) is 4.79 Å². The molecule has 0 saturated carbocycles. The standard InChI is InChI=1S/C34H51FN6O7/c1-47-21-27-17-37-32(38-18-27)40-12-9-25(10-13-40)6-4-14-48-29-8-7-28(30(35)16-29)15-31(45)41-19-26(20-41)5-2-3-11-36-33(46)39-34(22-42,23-43)24-44/h7-8,16-18,25-26,42-44H,2-6,9-15,19-24H2,1H3,(H2,36,39,46). The maximum atomic E-state index is 14.8. The number of carbonyl (C=O) groups is 2. The van der Waals surface area contributed by atoms with E-state index in [1.54, 1.807) is 24.1 Å². The van der Waals surface area contributed by atoms with Crippen LogP contribution in [0.3, 0.4) is 0 Å². The van der Waals surface area contributed by atoms with Gasteiger partial charge >= 0.3 is 6.03 Å². The number of aliphatic hydroxyl groups is 3. The van der Waals surface area contributed by atoms with Crippen molar-refractivity contribution in [3.05, 3.63) is 47.5 Å². The molecule has 1 aromatic carbocycles. The third-order valence-electron chi connectivity index (χ3n) is 9.21. The number of nitrogens with zero attached hydrogens (tertiary/aromatic N) is 4. The lowest BCUT2D eigenvalue weighted by atomic mass is 9.92. The van der Waals surface area contributed by atoms with Crippen molar-refractivity contribution in [3.8, 4) is 5.75 Å². The Morgan fingerprint density at radius 1 is 1.00 bits per heavy atom. The van der Waals surface area contributed by atoms with Crippen molar-refractivity contribution < 1.29 is 38.8 Å². The Hall–Kier alpha value is -3.59. The Labute approximate surface area is 281 Å². The molecule has 1 aromatic heterocycles. The van der Waals surface area contributed by atoms with Crippen LogP contribution in [0, 0.1) is 17.7 Å². The van der Waals surface area contributed by atoms with Gasteiger partial charge in [0.25, 0.3) is 0 Å². The lowest BCUT2D eigenvalue weighted by molar-refractivity contribution is -0.137. The van der Waals surface area contributed by atoms with Crippen LogP contribution in [-0.2, 0) is 22.6 Å². The fourth-order valence-corrected chi connectivity index (χ4v) is 6.04. The van der Waals surface area contributed by atoms with Crippen LogP contribution in [0.15, 0.2) is 30.6 Å². The van der Waals surface area contributed by atoms with Crippen LogP contribution in [0.25, 0.3) is 0 Å². The molecule has 13 nitrogen and oxygen atoms in total. The Bertz CT molecular complexity index is 1280. The number of urea groups is 1. The summed E-state index contributed by atoms with van der Waals surface area (Å²) >= 11 is 0. The maximum absolute atomic E-state index is 14.8. The van der Waals surface area contributed by atoms with Crippen LogP contribution < -0.4 is 20.3 Å². The number of aliphatic hydroxyl groups excluding tert-OH is 3. The Balaban J connectivity index is 1.05. The molecule has 0 bridgehead atoms. The number of piperidine rings is 1. The number of ether oxygens (including phenoxy) is 2. The van der Waals surface area contributed by atoms with Gasteiger partial charge in [-0.05, 0) is 62.0 Å². The number of benzene rings is 1. The van der Waals surface area contributed by atoms with Crippen LogP contribution >= 0.6 is 0 Å². The van der Waals surface area contributed by atoms with Gasteiger partial charge in [0.15, 0.2) is 0 Å². The van der Waals surface area contributed by atoms with Crippen LogP contribution in [-0.4, -0.2) is 114 Å². The van der Waals surface area contributed by atoms with Crippen molar-refractivity contribution in [3.63, 3.8) is 0 Å². The number of hydrogen-bond donors (Lipinski definition) is 5. The number of anilines is 1. The molecule has 2 saturated heterocycles. The molecule has 0 radical (unpaired) electrons. The molecule has 3 heterocycles. The first-order chi connectivity index (χ1) is 23.3. The minimum atomic E-state index is -1.46. The smallest absolute Gasteiger partial charge is 0.315 e. The monoisotopic (exact) mass is 674 g/mol. The fraction of sp³-hybridized carbons (Fsp3) is 0.647. The quantitative estimate of drug-likeness (QED) is 0.139. The zero-order valence-corrected chi connectivity index (χ0v) is 27.9. The maximum Gasteiger partial charge on any atom is 0.315 e. The molecule has 0 atom stereocenters. The highest BCUT2D eigenvalue weighted by Gasteiger charge is 2.31. The van der Waals surface area contributed by atoms with E-state index in [1.807, 2.05) is 12.4 Å². The van der Waals surface area contributed by atoms with Gasteiger partial charge in [0.05, 0.1) is 39.5 Å². The first-order valence-corrected chi connectivity index (χ1v) is 16.9. The summed E-state index contributed by atoms with van der Waals surface area (Å²) in [6.45, 7) is 2.79. The van der Waals surface area contributed by atoms with E-state index in [-0.39, 0.29) is 12.3 Å². The number of hydrogen-bond acceptors (Lipinski definition) is 10. The number of nitrogens with one attached hydrogen (secondary N) is 2. The van der Waals surface area contributed by atoms with Gasteiger partial charge in [-0.25, -0.2) is 19.2 Å². The second-order valence-corrected chi connectivity index (χ2v) is 13.0. The summed E-state index contributed by atoms with van der Waals surface area (Å²) in [4.78, 5) is 37.6. The summed E-state index contributed by atoms with van der Waals surface area (Å²) in [5.41, 5.74) is -0.142. The number of carbonyl (C=O) groups excluding carboxylic acids is 2. The summed E-state index contributed by atoms with van der Waals surface area (Å²) < 4.78 is 25.8. The van der Waals surface area contributed by atoms with Gasteiger partial charge in [-0.2, -0.15) is 0 Å². The number of halogens is 1. The molecular weight excluding hydrogens is 623 g/mol. The van der Waals surface area contributed by atoms with Gasteiger partial charge in [-0.15, -0.1) is 0 Å². The summed E-state index contributed by atoms with van der Waals surface area (Å²) in [7, 11) is 1.65. The average Bonchev–Trinajstić information content (AvgIpc) is 3.08. The van der Waals surface area contributed by atoms with Gasteiger partial charge in [0.2, 0.25) is 11.9 Å². The van der Waals surface area contributed by atoms with Crippen LogP contribution in [0.4, 0.5) is 15.1 Å². The predicted molar refractivity (Wildman–Crippen MR) is 177 cm³/mol. The second kappa shape index (κ2) is 18.8. The minimum Gasteiger partial charge on any atom is -0.493 e. The van der Waals surface area contributed by atoms with Crippen molar-refractivity contribution in [2.75, 3.05) is 71.2 Å². The molecule has 2 fully saturated rings. The largest absolute Gasteiger partial charge is 0.493 e. The fourth-order valence-electron chi connectivity index (χ4n) is 6.04. The number of rotatable bonds is 19. The number of amides is 3. The molecule has 0 aliphatic carbocycles. The van der Waals surface area contributed by atoms with Crippen molar-refractivity contribution in [1.29, 1.82) is 0 Å². The van der Waals surface area contributed by atoms with Crippen molar-refractivity contribution in [2.45, 2.75) is 63.5 Å². The van der Waals surface area contributed by atoms with E-state index in [0.717, 1.165) is 69.5 Å². The first kappa shape index (κ1) is 37.2. The van der Waals surface area contributed by atoms with Crippen LogP contribution in [0.2, 0.25) is 0 Å². The van der Waals surface area contributed by atoms with E-state index >= 15 is 0 Å². The molecule has 48 heavy (non-hydrogen) atoms. The molecule has 0 unspecified atom stereocenters. The molecular formula is C34H51FN6O7. The third-order valence-corrected chi connectivity index (χ3v) is 9.21. The number of methoxy groups -OCH3 is 1. The molecule has 2 aliphatic heterocycles. The molecule has 2 aromatic rings. The normalized spacial score (nSPS) is 15.7. The second-order valence-electron chi connectivity index (χ2n) is 13.0. The topological polar surface area (TPSA) is 170 Å². The Kier molecular flexibility index (Phi) is 14.6. The van der Waals surface area contributed by atoms with Gasteiger partial charge in [-0.1, -0.05) is 12.5 Å². The highest BCUT2D eigenvalue weighted by atomic mass is 19.1. The van der Waals surface area contributed by atoms with E-state index in [1.165, 1.54) is 6.07 Å². The van der Waals surface area contributed by atoms with Crippen molar-refractivity contribution >= 4 is 17.9 Å². The summed E-state index contributed by atoms with van der Waals surface area (Å²) in [5, 5.41) is 32.9.